The highest BCUT2D eigenvalue weighted by Crippen LogP contribution is 2.40. The van der Waals surface area contributed by atoms with Gasteiger partial charge in [-0.2, -0.15) is 0 Å². The van der Waals surface area contributed by atoms with Crippen LogP contribution in [0.5, 0.6) is 5.75 Å². The minimum absolute atomic E-state index is 0.0415. The molecule has 0 aromatic heterocycles. The second-order valence-corrected chi connectivity index (χ2v) is 5.73. The molecule has 0 spiro atoms. The minimum atomic E-state index is -0.0415. The predicted octanol–water partition coefficient (Wildman–Crippen LogP) is 3.07. The lowest BCUT2D eigenvalue weighted by Gasteiger charge is -2.49. The lowest BCUT2D eigenvalue weighted by molar-refractivity contribution is 0.135. The van der Waals surface area contributed by atoms with Gasteiger partial charge in [0.1, 0.15) is 5.75 Å². The van der Waals surface area contributed by atoms with Gasteiger partial charge in [0.2, 0.25) is 0 Å². The number of anilines is 1. The zero-order chi connectivity index (χ0) is 13.9. The van der Waals surface area contributed by atoms with Crippen LogP contribution in [-0.2, 0) is 0 Å². The molecule has 1 aliphatic rings. The summed E-state index contributed by atoms with van der Waals surface area (Å²) >= 11 is 0. The average molecular weight is 263 g/mol. The molecule has 0 amide bonds. The first kappa shape index (κ1) is 14.2. The van der Waals surface area contributed by atoms with Crippen molar-refractivity contribution >= 4 is 5.69 Å². The van der Waals surface area contributed by atoms with Gasteiger partial charge in [0.25, 0.3) is 0 Å². The normalized spacial score (nSPS) is 22.3. The van der Waals surface area contributed by atoms with E-state index in [1.54, 1.807) is 0 Å². The van der Waals surface area contributed by atoms with Gasteiger partial charge in [-0.25, -0.2) is 0 Å². The number of nitrogens with zero attached hydrogens (tertiary/aromatic N) is 1. The Morgan fingerprint density at radius 1 is 1.37 bits per heavy atom. The third kappa shape index (κ3) is 2.71. The molecule has 1 fully saturated rings. The molecular weight excluding hydrogens is 238 g/mol. The van der Waals surface area contributed by atoms with Crippen molar-refractivity contribution in [3.8, 4) is 5.75 Å². The Morgan fingerprint density at radius 2 is 2.11 bits per heavy atom. The number of para-hydroxylation sites is 2. The summed E-state index contributed by atoms with van der Waals surface area (Å²) in [5.41, 5.74) is 1.10. The van der Waals surface area contributed by atoms with Crippen molar-refractivity contribution in [1.29, 1.82) is 0 Å². The minimum Gasteiger partial charge on any atom is -0.492 e. The number of benzene rings is 1. The molecule has 19 heavy (non-hydrogen) atoms. The molecule has 1 aromatic carbocycles. The van der Waals surface area contributed by atoms with Crippen molar-refractivity contribution in [3.63, 3.8) is 0 Å². The molecule has 0 saturated carbocycles. The summed E-state index contributed by atoms with van der Waals surface area (Å²) in [6.45, 7) is 8.39. The molecule has 106 valence electrons. The molecule has 2 rings (SSSR count). The molecule has 1 aliphatic heterocycles. The summed E-state index contributed by atoms with van der Waals surface area (Å²) < 4.78 is 5.75. The molecule has 1 heterocycles. The van der Waals surface area contributed by atoms with Gasteiger partial charge in [-0.15, -0.1) is 0 Å². The van der Waals surface area contributed by atoms with Crippen LogP contribution in [0.3, 0.4) is 0 Å². The largest absolute Gasteiger partial charge is 0.492 e. The summed E-state index contributed by atoms with van der Waals surface area (Å²) in [6, 6.07) is 8.20. The van der Waals surface area contributed by atoms with Crippen LogP contribution >= 0.6 is 0 Å². The van der Waals surface area contributed by atoms with E-state index in [0.717, 1.165) is 30.8 Å². The second kappa shape index (κ2) is 5.83. The molecule has 1 saturated heterocycles. The van der Waals surface area contributed by atoms with E-state index in [4.69, 9.17) is 4.74 Å². The molecule has 0 bridgehead atoms. The van der Waals surface area contributed by atoms with Crippen molar-refractivity contribution in [2.75, 3.05) is 24.7 Å². The van der Waals surface area contributed by atoms with Crippen molar-refractivity contribution in [2.45, 2.75) is 39.2 Å². The van der Waals surface area contributed by atoms with Crippen molar-refractivity contribution in [1.82, 2.24) is 0 Å². The van der Waals surface area contributed by atoms with Gasteiger partial charge in [0.05, 0.1) is 12.3 Å². The standard InChI is InChI=1S/C16H25NO2/c1-4-19-15-10-6-5-9-14(15)17-11-7-8-13(12-18)16(17,2)3/h5-6,9-10,13,18H,4,7-8,11-12H2,1-3H3. The fraction of sp³-hybridized carbons (Fsp3) is 0.625. The molecule has 0 aliphatic carbocycles. The Hall–Kier alpha value is -1.22. The van der Waals surface area contributed by atoms with Gasteiger partial charge in [-0.3, -0.25) is 0 Å². The van der Waals surface area contributed by atoms with Gasteiger partial charge in [0.15, 0.2) is 0 Å². The first-order valence-corrected chi connectivity index (χ1v) is 7.21. The van der Waals surface area contributed by atoms with Gasteiger partial charge in [-0.05, 0) is 45.7 Å². The summed E-state index contributed by atoms with van der Waals surface area (Å²) in [7, 11) is 0. The van der Waals surface area contributed by atoms with E-state index in [1.807, 2.05) is 19.1 Å². The van der Waals surface area contributed by atoms with Crippen molar-refractivity contribution in [3.05, 3.63) is 24.3 Å². The highest BCUT2D eigenvalue weighted by Gasteiger charge is 2.39. The Morgan fingerprint density at radius 3 is 2.79 bits per heavy atom. The number of hydrogen-bond donors (Lipinski definition) is 1. The average Bonchev–Trinajstić information content (AvgIpc) is 2.39. The van der Waals surface area contributed by atoms with E-state index in [9.17, 15) is 5.11 Å². The highest BCUT2D eigenvalue weighted by atomic mass is 16.5. The number of aliphatic hydroxyl groups excluding tert-OH is 1. The summed E-state index contributed by atoms with van der Waals surface area (Å²) in [5, 5.41) is 9.61. The zero-order valence-corrected chi connectivity index (χ0v) is 12.2. The summed E-state index contributed by atoms with van der Waals surface area (Å²) in [4.78, 5) is 2.39. The van der Waals surface area contributed by atoms with Crippen LogP contribution < -0.4 is 9.64 Å². The maximum absolute atomic E-state index is 9.61. The van der Waals surface area contributed by atoms with E-state index in [2.05, 4.69) is 30.9 Å². The van der Waals surface area contributed by atoms with Crippen molar-refractivity contribution in [2.24, 2.45) is 5.92 Å². The maximum atomic E-state index is 9.61. The van der Waals surface area contributed by atoms with Gasteiger partial charge in [-0.1, -0.05) is 12.1 Å². The molecule has 3 heteroatoms. The number of rotatable bonds is 4. The SMILES string of the molecule is CCOc1ccccc1N1CCCC(CO)C1(C)C. The van der Waals surface area contributed by atoms with E-state index < -0.39 is 0 Å². The molecule has 1 N–H and O–H groups in total. The fourth-order valence-corrected chi connectivity index (χ4v) is 3.06. The van der Waals surface area contributed by atoms with E-state index in [0.29, 0.717) is 12.5 Å². The highest BCUT2D eigenvalue weighted by molar-refractivity contribution is 5.60. The van der Waals surface area contributed by atoms with E-state index in [1.165, 1.54) is 0 Å². The van der Waals surface area contributed by atoms with Crippen LogP contribution in [0, 0.1) is 5.92 Å². The molecule has 1 aromatic rings. The topological polar surface area (TPSA) is 32.7 Å². The maximum Gasteiger partial charge on any atom is 0.142 e. The third-order valence-corrected chi connectivity index (χ3v) is 4.31. The Balaban J connectivity index is 2.34. The molecule has 3 nitrogen and oxygen atoms in total. The molecule has 1 unspecified atom stereocenters. The van der Waals surface area contributed by atoms with Crippen LogP contribution in [0.25, 0.3) is 0 Å². The smallest absolute Gasteiger partial charge is 0.142 e. The molecule has 0 radical (unpaired) electrons. The first-order valence-electron chi connectivity index (χ1n) is 7.21. The van der Waals surface area contributed by atoms with Gasteiger partial charge >= 0.3 is 0 Å². The lowest BCUT2D eigenvalue weighted by Crippen LogP contribution is -2.54. The predicted molar refractivity (Wildman–Crippen MR) is 78.8 cm³/mol. The summed E-state index contributed by atoms with van der Waals surface area (Å²) in [6.07, 6.45) is 2.21. The van der Waals surface area contributed by atoms with Crippen LogP contribution in [0.2, 0.25) is 0 Å². The number of aliphatic hydroxyl groups is 1. The molecule has 1 atom stereocenters. The number of ether oxygens (including phenoxy) is 1. The zero-order valence-electron chi connectivity index (χ0n) is 12.2. The van der Waals surface area contributed by atoms with E-state index in [-0.39, 0.29) is 12.1 Å². The Bertz CT molecular complexity index is 417. The monoisotopic (exact) mass is 263 g/mol. The van der Waals surface area contributed by atoms with Crippen LogP contribution in [0.1, 0.15) is 33.6 Å². The van der Waals surface area contributed by atoms with Gasteiger partial charge < -0.3 is 14.7 Å². The van der Waals surface area contributed by atoms with E-state index >= 15 is 0 Å². The lowest BCUT2D eigenvalue weighted by atomic mass is 9.79. The second-order valence-electron chi connectivity index (χ2n) is 5.73. The number of hydrogen-bond acceptors (Lipinski definition) is 3. The van der Waals surface area contributed by atoms with Crippen LogP contribution in [0.4, 0.5) is 5.69 Å². The third-order valence-electron chi connectivity index (χ3n) is 4.31. The van der Waals surface area contributed by atoms with Gasteiger partial charge in [0, 0.05) is 24.6 Å². The van der Waals surface area contributed by atoms with Crippen LogP contribution in [0.15, 0.2) is 24.3 Å². The van der Waals surface area contributed by atoms with Crippen LogP contribution in [-0.4, -0.2) is 30.4 Å². The number of piperidine rings is 1. The summed E-state index contributed by atoms with van der Waals surface area (Å²) in [5.74, 6) is 1.26. The Kier molecular flexibility index (Phi) is 4.35. The molecular formula is C16H25NO2. The fourth-order valence-electron chi connectivity index (χ4n) is 3.06. The van der Waals surface area contributed by atoms with Crippen molar-refractivity contribution < 1.29 is 9.84 Å². The first-order chi connectivity index (χ1) is 9.11. The quantitative estimate of drug-likeness (QED) is 0.906. The Labute approximate surface area is 116 Å².